The van der Waals surface area contributed by atoms with E-state index in [0.717, 1.165) is 0 Å². The third-order valence-corrected chi connectivity index (χ3v) is 4.17. The van der Waals surface area contributed by atoms with Gasteiger partial charge in [0.25, 0.3) is 0 Å². The van der Waals surface area contributed by atoms with E-state index in [-0.39, 0.29) is 38.6 Å². The summed E-state index contributed by atoms with van der Waals surface area (Å²) in [5.74, 6) is -1.19. The zero-order chi connectivity index (χ0) is 17.7. The van der Waals surface area contributed by atoms with Gasteiger partial charge in [-0.25, -0.2) is 9.59 Å². The second-order valence-electron chi connectivity index (χ2n) is 4.77. The lowest BCUT2D eigenvalue weighted by Crippen LogP contribution is -2.16. The monoisotopic (exact) mass is 386 g/mol. The molecule has 0 aromatic heterocycles. The Hall–Kier alpha value is -1.75. The van der Waals surface area contributed by atoms with Crippen molar-refractivity contribution in [1.29, 1.82) is 0 Å². The minimum Gasteiger partial charge on any atom is -0.462 e. The number of benzene rings is 2. The first kappa shape index (κ1) is 18.6. The summed E-state index contributed by atoms with van der Waals surface area (Å²) >= 11 is 17.7. The fourth-order valence-electron chi connectivity index (χ4n) is 1.86. The van der Waals surface area contributed by atoms with Crippen molar-refractivity contribution in [2.45, 2.75) is 13.3 Å². The molecule has 0 unspecified atom stereocenters. The van der Waals surface area contributed by atoms with Crippen molar-refractivity contribution in [3.8, 4) is 5.75 Å². The van der Waals surface area contributed by atoms with Crippen LogP contribution in [0.25, 0.3) is 0 Å². The molecule has 2 aromatic rings. The van der Waals surface area contributed by atoms with Crippen LogP contribution in [0.5, 0.6) is 5.75 Å². The molecule has 0 N–H and O–H groups in total. The fourth-order valence-corrected chi connectivity index (χ4v) is 2.44. The van der Waals surface area contributed by atoms with Crippen LogP contribution in [0.3, 0.4) is 0 Å². The van der Waals surface area contributed by atoms with E-state index in [1.54, 1.807) is 12.1 Å². The van der Waals surface area contributed by atoms with E-state index in [9.17, 15) is 9.59 Å². The van der Waals surface area contributed by atoms with E-state index >= 15 is 0 Å². The molecule has 0 saturated heterocycles. The molecule has 2 rings (SSSR count). The summed E-state index contributed by atoms with van der Waals surface area (Å²) < 4.78 is 10.3. The molecule has 126 valence electrons. The molecule has 2 aromatic carbocycles. The molecule has 0 heterocycles. The molecule has 0 radical (unpaired) electrons. The number of esters is 2. The fraction of sp³-hybridized carbons (Fsp3) is 0.176. The molecule has 7 heteroatoms. The molecular formula is C17H13Cl3O4. The Balaban J connectivity index is 2.26. The van der Waals surface area contributed by atoms with E-state index in [4.69, 9.17) is 44.3 Å². The number of ether oxygens (including phenoxy) is 2. The molecule has 0 saturated carbocycles. The molecule has 4 nitrogen and oxygen atoms in total. The van der Waals surface area contributed by atoms with E-state index < -0.39 is 11.9 Å². The highest BCUT2D eigenvalue weighted by Gasteiger charge is 2.20. The Bertz CT molecular complexity index is 751. The minimum atomic E-state index is -0.728. The highest BCUT2D eigenvalue weighted by Crippen LogP contribution is 2.34. The van der Waals surface area contributed by atoms with Gasteiger partial charge in [-0.3, -0.25) is 0 Å². The topological polar surface area (TPSA) is 52.6 Å². The van der Waals surface area contributed by atoms with E-state index in [1.807, 2.05) is 6.92 Å². The average molecular weight is 388 g/mol. The highest BCUT2D eigenvalue weighted by atomic mass is 35.5. The predicted molar refractivity (Wildman–Crippen MR) is 93.4 cm³/mol. The van der Waals surface area contributed by atoms with Crippen LogP contribution in [0.1, 0.15) is 34.1 Å². The smallest absolute Gasteiger partial charge is 0.344 e. The molecule has 0 atom stereocenters. The predicted octanol–water partition coefficient (Wildman–Crippen LogP) is 5.43. The number of hydrogen-bond donors (Lipinski definition) is 0. The van der Waals surface area contributed by atoms with Crippen molar-refractivity contribution in [2.24, 2.45) is 0 Å². The normalized spacial score (nSPS) is 10.3. The van der Waals surface area contributed by atoms with Gasteiger partial charge in [-0.15, -0.1) is 0 Å². The molecule has 0 amide bonds. The largest absolute Gasteiger partial charge is 0.462 e. The summed E-state index contributed by atoms with van der Waals surface area (Å²) in [6, 6.07) is 8.96. The first-order valence-corrected chi connectivity index (χ1v) is 8.20. The Morgan fingerprint density at radius 2 is 1.50 bits per heavy atom. The first-order valence-electron chi connectivity index (χ1n) is 7.07. The second kappa shape index (κ2) is 8.38. The Kier molecular flexibility index (Phi) is 6.49. The maximum Gasteiger partial charge on any atom is 0.344 e. The van der Waals surface area contributed by atoms with Crippen LogP contribution in [-0.4, -0.2) is 18.5 Å². The number of carbonyl (C=O) groups is 2. The SMILES string of the molecule is CCCOC(=O)c1ccccc1C(=O)Oc1cc(Cl)c(Cl)c(Cl)c1. The second-order valence-corrected chi connectivity index (χ2v) is 5.96. The zero-order valence-corrected chi connectivity index (χ0v) is 14.9. The Morgan fingerprint density at radius 1 is 0.958 bits per heavy atom. The van der Waals surface area contributed by atoms with Crippen LogP contribution in [0, 0.1) is 0 Å². The lowest BCUT2D eigenvalue weighted by molar-refractivity contribution is 0.0496. The number of carbonyl (C=O) groups excluding carboxylic acids is 2. The summed E-state index contributed by atoms with van der Waals surface area (Å²) in [5, 5.41) is 0.479. The minimum absolute atomic E-state index is 0.0841. The molecular weight excluding hydrogens is 375 g/mol. The van der Waals surface area contributed by atoms with Crippen LogP contribution in [0.2, 0.25) is 15.1 Å². The Morgan fingerprint density at radius 3 is 2.04 bits per heavy atom. The molecule has 0 spiro atoms. The molecule has 0 aliphatic rings. The molecule has 0 aliphatic carbocycles. The van der Waals surface area contributed by atoms with Gasteiger partial charge in [0.2, 0.25) is 0 Å². The number of hydrogen-bond acceptors (Lipinski definition) is 4. The van der Waals surface area contributed by atoms with Crippen LogP contribution in [0.4, 0.5) is 0 Å². The third-order valence-electron chi connectivity index (χ3n) is 2.97. The number of halogens is 3. The van der Waals surface area contributed by atoms with Gasteiger partial charge in [0.1, 0.15) is 5.75 Å². The maximum atomic E-state index is 12.4. The standard InChI is InChI=1S/C17H13Cl3O4/c1-2-7-23-16(21)11-5-3-4-6-12(11)17(22)24-10-8-13(18)15(20)14(19)9-10/h3-6,8-9H,2,7H2,1H3. The quantitative estimate of drug-likeness (QED) is 0.390. The van der Waals surface area contributed by atoms with Crippen molar-refractivity contribution < 1.29 is 19.1 Å². The lowest BCUT2D eigenvalue weighted by Gasteiger charge is -2.10. The van der Waals surface area contributed by atoms with E-state index in [2.05, 4.69) is 0 Å². The van der Waals surface area contributed by atoms with Crippen molar-refractivity contribution in [1.82, 2.24) is 0 Å². The first-order chi connectivity index (χ1) is 11.4. The van der Waals surface area contributed by atoms with E-state index in [0.29, 0.717) is 6.42 Å². The molecule has 0 fully saturated rings. The third kappa shape index (κ3) is 4.41. The van der Waals surface area contributed by atoms with Gasteiger partial charge in [0.15, 0.2) is 0 Å². The van der Waals surface area contributed by atoms with Crippen molar-refractivity contribution in [3.63, 3.8) is 0 Å². The van der Waals surface area contributed by atoms with Gasteiger partial charge in [0, 0.05) is 12.1 Å². The van der Waals surface area contributed by atoms with Crippen molar-refractivity contribution in [2.75, 3.05) is 6.61 Å². The summed E-state index contributed by atoms with van der Waals surface area (Å²) in [5.41, 5.74) is 0.211. The van der Waals surface area contributed by atoms with Crippen LogP contribution in [-0.2, 0) is 4.74 Å². The van der Waals surface area contributed by atoms with Gasteiger partial charge >= 0.3 is 11.9 Å². The zero-order valence-electron chi connectivity index (χ0n) is 12.6. The van der Waals surface area contributed by atoms with Gasteiger partial charge < -0.3 is 9.47 Å². The van der Waals surface area contributed by atoms with Gasteiger partial charge in [-0.2, -0.15) is 0 Å². The van der Waals surface area contributed by atoms with Crippen molar-refractivity contribution >= 4 is 46.7 Å². The van der Waals surface area contributed by atoms with Crippen LogP contribution < -0.4 is 4.74 Å². The van der Waals surface area contributed by atoms with Gasteiger partial charge in [0.05, 0.1) is 32.8 Å². The summed E-state index contributed by atoms with van der Waals surface area (Å²) in [6.07, 6.45) is 0.681. The van der Waals surface area contributed by atoms with Crippen LogP contribution in [0.15, 0.2) is 36.4 Å². The molecule has 24 heavy (non-hydrogen) atoms. The van der Waals surface area contributed by atoms with Gasteiger partial charge in [-0.1, -0.05) is 53.9 Å². The molecule has 0 bridgehead atoms. The Labute approximate surface area is 154 Å². The van der Waals surface area contributed by atoms with Crippen molar-refractivity contribution in [3.05, 3.63) is 62.6 Å². The average Bonchev–Trinajstić information content (AvgIpc) is 2.57. The summed E-state index contributed by atoms with van der Waals surface area (Å²) in [7, 11) is 0. The number of rotatable bonds is 5. The summed E-state index contributed by atoms with van der Waals surface area (Å²) in [4.78, 5) is 24.4. The summed E-state index contributed by atoms with van der Waals surface area (Å²) in [6.45, 7) is 2.14. The molecule has 0 aliphatic heterocycles. The van der Waals surface area contributed by atoms with Crippen LogP contribution >= 0.6 is 34.8 Å². The van der Waals surface area contributed by atoms with Gasteiger partial charge in [-0.05, 0) is 18.6 Å². The highest BCUT2D eigenvalue weighted by molar-refractivity contribution is 6.48. The maximum absolute atomic E-state index is 12.4. The van der Waals surface area contributed by atoms with E-state index in [1.165, 1.54) is 24.3 Å². The lowest BCUT2D eigenvalue weighted by atomic mass is 10.1.